The molecule has 1 aliphatic heterocycles. The molecule has 5 heteroatoms. The Morgan fingerprint density at radius 1 is 1.61 bits per heavy atom. The van der Waals surface area contributed by atoms with Crippen LogP contribution < -0.4 is 5.73 Å². The predicted octanol–water partition coefficient (Wildman–Crippen LogP) is 0.768. The molecule has 0 aromatic rings. The van der Waals surface area contributed by atoms with Crippen LogP contribution in [0.25, 0.3) is 0 Å². The molecule has 1 saturated heterocycles. The first-order chi connectivity index (χ1) is 8.69. The zero-order chi connectivity index (χ0) is 13.4. The maximum absolute atomic E-state index is 12.2. The molecule has 0 spiro atoms. The van der Waals surface area contributed by atoms with Crippen LogP contribution in [0.4, 0.5) is 0 Å². The number of methoxy groups -OCH3 is 1. The molecule has 18 heavy (non-hydrogen) atoms. The Hall–Kier alpha value is -0.650. The van der Waals surface area contributed by atoms with E-state index in [9.17, 15) is 4.79 Å². The first-order valence-corrected chi connectivity index (χ1v) is 6.84. The smallest absolute Gasteiger partial charge is 0.239 e. The van der Waals surface area contributed by atoms with Crippen molar-refractivity contribution in [3.8, 4) is 0 Å². The summed E-state index contributed by atoms with van der Waals surface area (Å²) in [5.41, 5.74) is 5.92. The normalized spacial score (nSPS) is 20.9. The maximum Gasteiger partial charge on any atom is 0.239 e. The highest BCUT2D eigenvalue weighted by Crippen LogP contribution is 2.14. The number of carbonyl (C=O) groups excluding carboxylic acids is 1. The fourth-order valence-corrected chi connectivity index (χ4v) is 2.21. The number of ether oxygens (including phenoxy) is 2. The van der Waals surface area contributed by atoms with Gasteiger partial charge in [0, 0.05) is 33.4 Å². The van der Waals surface area contributed by atoms with Crippen LogP contribution in [0.15, 0.2) is 0 Å². The first-order valence-electron chi connectivity index (χ1n) is 6.84. The zero-order valence-corrected chi connectivity index (χ0v) is 11.6. The fourth-order valence-electron chi connectivity index (χ4n) is 2.21. The minimum Gasteiger partial charge on any atom is -0.385 e. The molecule has 1 heterocycles. The van der Waals surface area contributed by atoms with Gasteiger partial charge >= 0.3 is 0 Å². The summed E-state index contributed by atoms with van der Waals surface area (Å²) >= 11 is 0. The molecule has 0 aromatic carbocycles. The first kappa shape index (κ1) is 15.4. The molecule has 0 saturated carbocycles. The molecular weight excluding hydrogens is 232 g/mol. The average Bonchev–Trinajstić information content (AvgIpc) is 2.88. The summed E-state index contributed by atoms with van der Waals surface area (Å²) in [6.07, 6.45) is 3.83. The van der Waals surface area contributed by atoms with Crippen molar-refractivity contribution in [2.24, 2.45) is 5.73 Å². The average molecular weight is 258 g/mol. The molecular formula is C13H26N2O3. The number of likely N-dealkylation sites (N-methyl/N-ethyl adjacent to an activating group) is 1. The molecule has 1 amide bonds. The molecule has 2 N–H and O–H groups in total. The van der Waals surface area contributed by atoms with Gasteiger partial charge in [0.05, 0.1) is 12.1 Å². The van der Waals surface area contributed by atoms with Crippen LogP contribution in [0, 0.1) is 0 Å². The molecule has 1 fully saturated rings. The van der Waals surface area contributed by atoms with Gasteiger partial charge in [0.15, 0.2) is 0 Å². The van der Waals surface area contributed by atoms with Crippen LogP contribution in [0.2, 0.25) is 0 Å². The van der Waals surface area contributed by atoms with E-state index in [0.29, 0.717) is 26.1 Å². The summed E-state index contributed by atoms with van der Waals surface area (Å²) < 4.78 is 10.5. The summed E-state index contributed by atoms with van der Waals surface area (Å²) in [7, 11) is 1.66. The van der Waals surface area contributed by atoms with Crippen molar-refractivity contribution in [2.45, 2.75) is 44.8 Å². The Bertz CT molecular complexity index is 242. The quantitative estimate of drug-likeness (QED) is 0.653. The van der Waals surface area contributed by atoms with Gasteiger partial charge in [0.1, 0.15) is 0 Å². The molecule has 1 rings (SSSR count). The lowest BCUT2D eigenvalue weighted by Gasteiger charge is -2.26. The Morgan fingerprint density at radius 3 is 2.94 bits per heavy atom. The Kier molecular flexibility index (Phi) is 7.23. The third-order valence-electron chi connectivity index (χ3n) is 3.32. The summed E-state index contributed by atoms with van der Waals surface area (Å²) in [5.74, 6) is 0.0316. The number of carbonyl (C=O) groups is 1. The van der Waals surface area contributed by atoms with Gasteiger partial charge in [0.2, 0.25) is 5.91 Å². The number of nitrogens with two attached hydrogens (primary N) is 1. The van der Waals surface area contributed by atoms with Crippen molar-refractivity contribution in [3.63, 3.8) is 0 Å². The van der Waals surface area contributed by atoms with Crippen LogP contribution in [0.5, 0.6) is 0 Å². The minimum absolute atomic E-state index is 0.0316. The van der Waals surface area contributed by atoms with Gasteiger partial charge in [-0.1, -0.05) is 0 Å². The topological polar surface area (TPSA) is 64.8 Å². The second kappa shape index (κ2) is 8.45. The van der Waals surface area contributed by atoms with Crippen molar-refractivity contribution in [3.05, 3.63) is 0 Å². The van der Waals surface area contributed by atoms with Gasteiger partial charge in [-0.25, -0.2) is 0 Å². The van der Waals surface area contributed by atoms with E-state index >= 15 is 0 Å². The van der Waals surface area contributed by atoms with Gasteiger partial charge in [-0.15, -0.1) is 0 Å². The second-order valence-corrected chi connectivity index (χ2v) is 4.75. The third-order valence-corrected chi connectivity index (χ3v) is 3.32. The van der Waals surface area contributed by atoms with Crippen molar-refractivity contribution >= 4 is 5.91 Å². The van der Waals surface area contributed by atoms with E-state index in [1.54, 1.807) is 7.11 Å². The van der Waals surface area contributed by atoms with Gasteiger partial charge < -0.3 is 20.1 Å². The van der Waals surface area contributed by atoms with Crippen LogP contribution >= 0.6 is 0 Å². The summed E-state index contributed by atoms with van der Waals surface area (Å²) in [6, 6.07) is -0.415. The molecule has 106 valence electrons. The van der Waals surface area contributed by atoms with Gasteiger partial charge in [-0.05, 0) is 32.6 Å². The number of nitrogens with zero attached hydrogens (tertiary/aromatic N) is 1. The van der Waals surface area contributed by atoms with Crippen LogP contribution in [-0.2, 0) is 14.3 Å². The van der Waals surface area contributed by atoms with Crippen LogP contribution in [-0.4, -0.2) is 56.4 Å². The second-order valence-electron chi connectivity index (χ2n) is 4.75. The van der Waals surface area contributed by atoms with E-state index in [-0.39, 0.29) is 12.0 Å². The number of rotatable bonds is 8. The van der Waals surface area contributed by atoms with Gasteiger partial charge in [-0.3, -0.25) is 4.79 Å². The Balaban J connectivity index is 2.34. The van der Waals surface area contributed by atoms with Crippen molar-refractivity contribution in [1.29, 1.82) is 0 Å². The van der Waals surface area contributed by atoms with E-state index in [2.05, 4.69) is 0 Å². The monoisotopic (exact) mass is 258 g/mol. The molecule has 5 nitrogen and oxygen atoms in total. The van der Waals surface area contributed by atoms with Crippen molar-refractivity contribution in [2.75, 3.05) is 33.4 Å². The standard InChI is InChI=1S/C13H26N2O3/c1-3-15(10-11-6-4-9-18-11)13(16)12(14)7-5-8-17-2/h11-12H,3-10,14H2,1-2H3. The number of hydrogen-bond acceptors (Lipinski definition) is 4. The van der Waals surface area contributed by atoms with Gasteiger partial charge in [-0.2, -0.15) is 0 Å². The number of hydrogen-bond donors (Lipinski definition) is 1. The minimum atomic E-state index is -0.415. The molecule has 2 unspecified atom stereocenters. The summed E-state index contributed by atoms with van der Waals surface area (Å²) in [6.45, 7) is 4.81. The van der Waals surface area contributed by atoms with Crippen LogP contribution in [0.3, 0.4) is 0 Å². The summed E-state index contributed by atoms with van der Waals surface area (Å²) in [5, 5.41) is 0. The Labute approximate surface area is 110 Å². The van der Waals surface area contributed by atoms with Crippen LogP contribution in [0.1, 0.15) is 32.6 Å². The highest BCUT2D eigenvalue weighted by molar-refractivity contribution is 5.81. The maximum atomic E-state index is 12.2. The third kappa shape index (κ3) is 4.92. The molecule has 0 bridgehead atoms. The van der Waals surface area contributed by atoms with E-state index in [1.165, 1.54) is 0 Å². The van der Waals surface area contributed by atoms with Crippen molar-refractivity contribution < 1.29 is 14.3 Å². The predicted molar refractivity (Wildman–Crippen MR) is 70.3 cm³/mol. The largest absolute Gasteiger partial charge is 0.385 e. The lowest BCUT2D eigenvalue weighted by atomic mass is 10.1. The van der Waals surface area contributed by atoms with E-state index in [4.69, 9.17) is 15.2 Å². The SMILES string of the molecule is CCN(CC1CCCO1)C(=O)C(N)CCCOC. The molecule has 0 aromatic heterocycles. The molecule has 2 atom stereocenters. The highest BCUT2D eigenvalue weighted by Gasteiger charge is 2.24. The molecule has 0 radical (unpaired) electrons. The summed E-state index contributed by atoms with van der Waals surface area (Å²) in [4.78, 5) is 14.0. The number of amides is 1. The zero-order valence-electron chi connectivity index (χ0n) is 11.6. The van der Waals surface area contributed by atoms with Gasteiger partial charge in [0.25, 0.3) is 0 Å². The molecule has 1 aliphatic rings. The molecule has 0 aliphatic carbocycles. The lowest BCUT2D eigenvalue weighted by molar-refractivity contribution is -0.134. The van der Waals surface area contributed by atoms with E-state index in [1.807, 2.05) is 11.8 Å². The Morgan fingerprint density at radius 2 is 2.39 bits per heavy atom. The van der Waals surface area contributed by atoms with E-state index in [0.717, 1.165) is 25.9 Å². The lowest BCUT2D eigenvalue weighted by Crippen LogP contribution is -2.46. The van der Waals surface area contributed by atoms with Crippen molar-refractivity contribution in [1.82, 2.24) is 4.90 Å². The van der Waals surface area contributed by atoms with E-state index < -0.39 is 6.04 Å². The fraction of sp³-hybridized carbons (Fsp3) is 0.923. The highest BCUT2D eigenvalue weighted by atomic mass is 16.5.